The lowest BCUT2D eigenvalue weighted by molar-refractivity contribution is 0.305. The Morgan fingerprint density at radius 1 is 1.25 bits per heavy atom. The Hall–Kier alpha value is -0.915. The molecule has 1 rings (SSSR count). The lowest BCUT2D eigenvalue weighted by Gasteiger charge is -2.10. The van der Waals surface area contributed by atoms with Crippen LogP contribution in [0.15, 0.2) is 12.4 Å². The van der Waals surface area contributed by atoms with Crippen molar-refractivity contribution >= 4 is 7.25 Å². The summed E-state index contributed by atoms with van der Waals surface area (Å²) in [6.07, 6.45) is 3.76. The zero-order valence-corrected chi connectivity index (χ0v) is 6.42. The smallest absolute Gasteiger partial charge is 0.418 e. The van der Waals surface area contributed by atoms with Gasteiger partial charge in [0, 0.05) is 19.4 Å². The van der Waals surface area contributed by atoms with E-state index >= 15 is 0 Å². The van der Waals surface area contributed by atoms with Gasteiger partial charge in [0.2, 0.25) is 0 Å². The quantitative estimate of drug-likeness (QED) is 0.345. The fourth-order valence-electron chi connectivity index (χ4n) is 0.551. The van der Waals surface area contributed by atoms with Crippen molar-refractivity contribution in [1.29, 1.82) is 0 Å². The number of hydrazine groups is 1. The third-order valence-electron chi connectivity index (χ3n) is 0.899. The molecule has 0 aromatic carbocycles. The first-order chi connectivity index (χ1) is 5.29. The van der Waals surface area contributed by atoms with E-state index in [1.165, 1.54) is 0 Å². The van der Waals surface area contributed by atoms with Crippen molar-refractivity contribution in [2.45, 2.75) is 0 Å². The van der Waals surface area contributed by atoms with Gasteiger partial charge in [0.05, 0.1) is 0 Å². The first-order valence-corrected chi connectivity index (χ1v) is 3.06. The average Bonchev–Trinajstić information content (AvgIpc) is 2.09. The Morgan fingerprint density at radius 3 is 1.75 bits per heavy atom. The fraction of sp³-hybridized carbons (Fsp3) is 0.500. The van der Waals surface area contributed by atoms with E-state index in [1.807, 2.05) is 24.3 Å². The van der Waals surface area contributed by atoms with Gasteiger partial charge in [-0.3, -0.25) is 5.01 Å². The molecular formula is C4H9BF4N3-. The van der Waals surface area contributed by atoms with Crippen molar-refractivity contribution in [3.8, 4) is 0 Å². The van der Waals surface area contributed by atoms with Gasteiger partial charge in [-0.05, 0) is 0 Å². The summed E-state index contributed by atoms with van der Waals surface area (Å²) in [5.74, 6) is 5.33. The molecule has 0 radical (unpaired) electrons. The predicted octanol–water partition coefficient (Wildman–Crippen LogP) is 0.836. The second kappa shape index (κ2) is 4.20. The molecule has 72 valence electrons. The molecule has 0 saturated carbocycles. The van der Waals surface area contributed by atoms with Crippen LogP contribution in [0.3, 0.4) is 0 Å². The Kier molecular flexibility index (Phi) is 3.88. The summed E-state index contributed by atoms with van der Waals surface area (Å²) in [6, 6.07) is 0. The van der Waals surface area contributed by atoms with Crippen LogP contribution in [0.4, 0.5) is 17.3 Å². The molecule has 0 aromatic rings. The minimum Gasteiger partial charge on any atom is -0.418 e. The minimum atomic E-state index is -6.00. The number of nitrogens with zero attached hydrogens (tertiary/aromatic N) is 2. The van der Waals surface area contributed by atoms with E-state index in [2.05, 4.69) is 0 Å². The predicted molar refractivity (Wildman–Crippen MR) is 38.0 cm³/mol. The topological polar surface area (TPSA) is 32.5 Å². The van der Waals surface area contributed by atoms with Gasteiger partial charge in [-0.25, -0.2) is 5.84 Å². The molecule has 1 aliphatic rings. The zero-order valence-electron chi connectivity index (χ0n) is 6.42. The van der Waals surface area contributed by atoms with Crippen molar-refractivity contribution in [1.82, 2.24) is 9.91 Å². The summed E-state index contributed by atoms with van der Waals surface area (Å²) in [7, 11) is -4.02. The number of nitrogens with two attached hydrogens (primary N) is 1. The molecule has 1 heterocycles. The van der Waals surface area contributed by atoms with Gasteiger partial charge >= 0.3 is 7.25 Å². The lowest BCUT2D eigenvalue weighted by Crippen LogP contribution is -2.27. The van der Waals surface area contributed by atoms with Crippen LogP contribution in [-0.4, -0.2) is 30.9 Å². The van der Waals surface area contributed by atoms with Crippen molar-refractivity contribution < 1.29 is 17.3 Å². The van der Waals surface area contributed by atoms with Gasteiger partial charge in [-0.2, -0.15) is 0 Å². The first kappa shape index (κ1) is 11.1. The van der Waals surface area contributed by atoms with E-state index in [4.69, 9.17) is 5.84 Å². The number of rotatable bonds is 0. The highest BCUT2D eigenvalue weighted by molar-refractivity contribution is 6.50. The second-order valence-electron chi connectivity index (χ2n) is 2.21. The molecule has 8 heteroatoms. The Labute approximate surface area is 67.5 Å². The second-order valence-corrected chi connectivity index (χ2v) is 2.21. The summed E-state index contributed by atoms with van der Waals surface area (Å²) in [5, 5.41) is 1.62. The van der Waals surface area contributed by atoms with Crippen LogP contribution in [0.2, 0.25) is 0 Å². The molecule has 0 amide bonds. The minimum absolute atomic E-state index is 0.806. The molecule has 0 saturated heterocycles. The highest BCUT2D eigenvalue weighted by Crippen LogP contribution is 2.06. The maximum Gasteiger partial charge on any atom is 0.673 e. The molecular weight excluding hydrogens is 177 g/mol. The van der Waals surface area contributed by atoms with Gasteiger partial charge in [0.25, 0.3) is 0 Å². The summed E-state index contributed by atoms with van der Waals surface area (Å²) in [4.78, 5) is 2.00. The molecule has 0 atom stereocenters. The maximum absolute atomic E-state index is 9.75. The van der Waals surface area contributed by atoms with E-state index < -0.39 is 7.25 Å². The lowest BCUT2D eigenvalue weighted by atomic mass is 10.3. The molecule has 0 fully saturated rings. The van der Waals surface area contributed by atoms with Crippen LogP contribution in [0.25, 0.3) is 0 Å². The maximum atomic E-state index is 9.75. The molecule has 0 aromatic heterocycles. The largest absolute Gasteiger partial charge is 0.673 e. The summed E-state index contributed by atoms with van der Waals surface area (Å²) in [5.41, 5.74) is 0. The monoisotopic (exact) mass is 186 g/mol. The third kappa shape index (κ3) is 9.08. The molecule has 12 heavy (non-hydrogen) atoms. The SMILES string of the molecule is CN1C=CN(N)C1.F[B-](F)(F)F. The van der Waals surface area contributed by atoms with Crippen LogP contribution in [0.1, 0.15) is 0 Å². The Morgan fingerprint density at radius 2 is 1.67 bits per heavy atom. The van der Waals surface area contributed by atoms with Crippen LogP contribution in [-0.2, 0) is 0 Å². The van der Waals surface area contributed by atoms with Crippen LogP contribution in [0, 0.1) is 0 Å². The molecule has 2 N–H and O–H groups in total. The molecule has 0 aliphatic carbocycles. The third-order valence-corrected chi connectivity index (χ3v) is 0.899. The van der Waals surface area contributed by atoms with E-state index in [-0.39, 0.29) is 0 Å². The fourth-order valence-corrected chi connectivity index (χ4v) is 0.551. The number of hydrogen-bond donors (Lipinski definition) is 1. The van der Waals surface area contributed by atoms with Crippen LogP contribution < -0.4 is 5.84 Å². The van der Waals surface area contributed by atoms with Crippen molar-refractivity contribution in [2.75, 3.05) is 13.7 Å². The molecule has 1 aliphatic heterocycles. The van der Waals surface area contributed by atoms with Gasteiger partial charge in [-0.1, -0.05) is 0 Å². The summed E-state index contributed by atoms with van der Waals surface area (Å²) < 4.78 is 39.0. The van der Waals surface area contributed by atoms with Crippen molar-refractivity contribution in [2.24, 2.45) is 5.84 Å². The van der Waals surface area contributed by atoms with Gasteiger partial charge < -0.3 is 22.2 Å². The number of halogens is 4. The van der Waals surface area contributed by atoms with Gasteiger partial charge in [0.15, 0.2) is 0 Å². The highest BCUT2D eigenvalue weighted by Gasteiger charge is 2.20. The standard InChI is InChI=1S/C4H9N3.BF4/c1-6-2-3-7(5)4-6;2-1(3,4)5/h2-3H,4-5H2,1H3;/q;-1. The van der Waals surface area contributed by atoms with E-state index in [0.29, 0.717) is 0 Å². The Balaban J connectivity index is 0.000000217. The Bertz CT molecular complexity index is 143. The van der Waals surface area contributed by atoms with E-state index in [0.717, 1.165) is 6.67 Å². The van der Waals surface area contributed by atoms with Crippen molar-refractivity contribution in [3.05, 3.63) is 12.4 Å². The van der Waals surface area contributed by atoms with Crippen molar-refractivity contribution in [3.63, 3.8) is 0 Å². The summed E-state index contributed by atoms with van der Waals surface area (Å²) in [6.45, 7) is 0.806. The van der Waals surface area contributed by atoms with Crippen LogP contribution >= 0.6 is 0 Å². The highest BCUT2D eigenvalue weighted by atomic mass is 19.5. The molecule has 0 unspecified atom stereocenters. The van der Waals surface area contributed by atoms with Gasteiger partial charge in [-0.15, -0.1) is 0 Å². The molecule has 0 bridgehead atoms. The molecule has 3 nitrogen and oxygen atoms in total. The number of hydrogen-bond acceptors (Lipinski definition) is 3. The first-order valence-electron chi connectivity index (χ1n) is 3.06. The summed E-state index contributed by atoms with van der Waals surface area (Å²) >= 11 is 0. The zero-order chi connectivity index (χ0) is 9.78. The van der Waals surface area contributed by atoms with Crippen LogP contribution in [0.5, 0.6) is 0 Å². The van der Waals surface area contributed by atoms with E-state index in [1.54, 1.807) is 5.01 Å². The molecule has 0 spiro atoms. The average molecular weight is 186 g/mol. The van der Waals surface area contributed by atoms with Gasteiger partial charge in [0.1, 0.15) is 6.67 Å². The van der Waals surface area contributed by atoms with E-state index in [9.17, 15) is 17.3 Å². The normalized spacial score (nSPS) is 16.2.